The Labute approximate surface area is 244 Å². The number of carbonyl (C=O) groups excluding carboxylic acids is 3. The molecule has 10 heteroatoms. The Morgan fingerprint density at radius 1 is 1.07 bits per heavy atom. The summed E-state index contributed by atoms with van der Waals surface area (Å²) >= 11 is 0. The van der Waals surface area contributed by atoms with Crippen LogP contribution < -0.4 is 10.2 Å². The van der Waals surface area contributed by atoms with Crippen LogP contribution in [0.25, 0.3) is 10.9 Å². The smallest absolute Gasteiger partial charge is 0.324 e. The lowest BCUT2D eigenvalue weighted by molar-refractivity contribution is -0.134. The summed E-state index contributed by atoms with van der Waals surface area (Å²) in [5, 5.41) is 14.7. The molecule has 3 aliphatic heterocycles. The van der Waals surface area contributed by atoms with Crippen molar-refractivity contribution in [1.29, 1.82) is 0 Å². The van der Waals surface area contributed by atoms with Gasteiger partial charge in [-0.25, -0.2) is 9.18 Å². The van der Waals surface area contributed by atoms with Gasteiger partial charge in [-0.1, -0.05) is 32.0 Å². The number of pyridine rings is 1. The second-order valence-electron chi connectivity index (χ2n) is 12.5. The molecular weight excluding hydrogens is 537 g/mol. The molecule has 2 atom stereocenters. The van der Waals surface area contributed by atoms with Crippen molar-refractivity contribution in [2.24, 2.45) is 5.41 Å². The van der Waals surface area contributed by atoms with Crippen LogP contribution in [0, 0.1) is 11.2 Å². The molecule has 0 bridgehead atoms. The van der Waals surface area contributed by atoms with Gasteiger partial charge in [0.15, 0.2) is 0 Å². The number of likely N-dealkylation sites (tertiary alicyclic amines) is 1. The van der Waals surface area contributed by atoms with Gasteiger partial charge in [-0.3, -0.25) is 29.7 Å². The molecule has 0 aliphatic carbocycles. The van der Waals surface area contributed by atoms with Crippen molar-refractivity contribution < 1.29 is 23.9 Å². The maximum atomic E-state index is 16.2. The lowest BCUT2D eigenvalue weighted by atomic mass is 9.66. The summed E-state index contributed by atoms with van der Waals surface area (Å²) < 4.78 is 16.2. The maximum absolute atomic E-state index is 16.2. The van der Waals surface area contributed by atoms with Crippen LogP contribution >= 0.6 is 0 Å². The third-order valence-corrected chi connectivity index (χ3v) is 9.31. The SMILES string of the molecule is CN1CCN(c2ccc(CN3CCC(O)(c4ccc5ncc(C6CCC(=O)NC6=O)cc5c4F)C(C)(C)C3)cc2)C1=O. The predicted octanol–water partition coefficient (Wildman–Crippen LogP) is 3.89. The number of nitrogens with zero attached hydrogens (tertiary/aromatic N) is 4. The van der Waals surface area contributed by atoms with Crippen LogP contribution in [0.3, 0.4) is 0 Å². The number of piperidine rings is 2. The quantitative estimate of drug-likeness (QED) is 0.449. The first kappa shape index (κ1) is 28.2. The van der Waals surface area contributed by atoms with Crippen molar-refractivity contribution >= 4 is 34.4 Å². The maximum Gasteiger partial charge on any atom is 0.324 e. The van der Waals surface area contributed by atoms with E-state index in [2.05, 4.69) is 15.2 Å². The lowest BCUT2D eigenvalue weighted by Crippen LogP contribution is -2.55. The number of likely N-dealkylation sites (N-methyl/N-ethyl adjacent to an activating group) is 1. The molecule has 220 valence electrons. The first-order chi connectivity index (χ1) is 20.0. The van der Waals surface area contributed by atoms with Crippen LogP contribution in [0.5, 0.6) is 0 Å². The van der Waals surface area contributed by atoms with Crippen molar-refractivity contribution in [3.63, 3.8) is 0 Å². The van der Waals surface area contributed by atoms with Gasteiger partial charge in [0.25, 0.3) is 0 Å². The average molecular weight is 574 g/mol. The molecular formula is C32H36FN5O4. The van der Waals surface area contributed by atoms with Gasteiger partial charge in [-0.15, -0.1) is 0 Å². The Hall–Kier alpha value is -3.89. The molecule has 3 saturated heterocycles. The molecule has 2 N–H and O–H groups in total. The van der Waals surface area contributed by atoms with E-state index >= 15 is 4.39 Å². The van der Waals surface area contributed by atoms with Gasteiger partial charge in [0.1, 0.15) is 5.82 Å². The van der Waals surface area contributed by atoms with Crippen molar-refractivity contribution in [1.82, 2.24) is 20.1 Å². The molecule has 2 aromatic carbocycles. The second-order valence-corrected chi connectivity index (χ2v) is 12.5. The molecule has 3 aromatic rings. The zero-order valence-corrected chi connectivity index (χ0v) is 24.2. The molecule has 3 fully saturated rings. The minimum absolute atomic E-state index is 0.00344. The number of nitrogens with one attached hydrogen (secondary N) is 1. The summed E-state index contributed by atoms with van der Waals surface area (Å²) in [6.07, 6.45) is 2.48. The number of anilines is 1. The van der Waals surface area contributed by atoms with Crippen LogP contribution in [-0.4, -0.2) is 71.0 Å². The molecule has 42 heavy (non-hydrogen) atoms. The number of hydrogen-bond donors (Lipinski definition) is 2. The number of halogens is 1. The van der Waals surface area contributed by atoms with Gasteiger partial charge >= 0.3 is 6.03 Å². The summed E-state index contributed by atoms with van der Waals surface area (Å²) in [5.74, 6) is -1.81. The molecule has 0 spiro atoms. The van der Waals surface area contributed by atoms with Crippen LogP contribution in [-0.2, 0) is 21.7 Å². The largest absolute Gasteiger partial charge is 0.384 e. The number of amides is 4. The van der Waals surface area contributed by atoms with E-state index in [1.807, 2.05) is 38.1 Å². The van der Waals surface area contributed by atoms with E-state index in [4.69, 9.17) is 0 Å². The van der Waals surface area contributed by atoms with Gasteiger partial charge in [0, 0.05) is 74.4 Å². The molecule has 0 saturated carbocycles. The first-order valence-electron chi connectivity index (χ1n) is 14.5. The fourth-order valence-corrected chi connectivity index (χ4v) is 6.69. The summed E-state index contributed by atoms with van der Waals surface area (Å²) in [5.41, 5.74) is 1.10. The van der Waals surface area contributed by atoms with Crippen LogP contribution in [0.2, 0.25) is 0 Å². The van der Waals surface area contributed by atoms with Gasteiger partial charge in [-0.05, 0) is 48.2 Å². The summed E-state index contributed by atoms with van der Waals surface area (Å²) in [4.78, 5) is 46.5. The number of imide groups is 1. The molecule has 3 aliphatic rings. The number of aromatic nitrogens is 1. The van der Waals surface area contributed by atoms with E-state index in [0.717, 1.165) is 11.3 Å². The minimum atomic E-state index is -1.42. The van der Waals surface area contributed by atoms with E-state index in [-0.39, 0.29) is 29.3 Å². The number of carbonyl (C=O) groups is 3. The fourth-order valence-electron chi connectivity index (χ4n) is 6.69. The third-order valence-electron chi connectivity index (χ3n) is 9.31. The van der Waals surface area contributed by atoms with Gasteiger partial charge < -0.3 is 10.0 Å². The predicted molar refractivity (Wildman–Crippen MR) is 156 cm³/mol. The fraction of sp³-hybridized carbons (Fsp3) is 0.438. The number of aliphatic hydroxyl groups is 1. The monoisotopic (exact) mass is 573 g/mol. The Bertz CT molecular complexity index is 1580. The van der Waals surface area contributed by atoms with Crippen molar-refractivity contribution in [3.8, 4) is 0 Å². The van der Waals surface area contributed by atoms with E-state index in [1.54, 1.807) is 41.2 Å². The van der Waals surface area contributed by atoms with Gasteiger partial charge in [-0.2, -0.15) is 0 Å². The Balaban J connectivity index is 1.21. The third kappa shape index (κ3) is 4.82. The van der Waals surface area contributed by atoms with E-state index in [1.165, 1.54) is 0 Å². The summed E-state index contributed by atoms with van der Waals surface area (Å²) in [7, 11) is 1.80. The molecule has 6 rings (SSSR count). The van der Waals surface area contributed by atoms with Gasteiger partial charge in [0.05, 0.1) is 17.0 Å². The molecule has 4 heterocycles. The van der Waals surface area contributed by atoms with E-state index < -0.39 is 28.7 Å². The summed E-state index contributed by atoms with van der Waals surface area (Å²) in [6.45, 7) is 7.09. The highest BCUT2D eigenvalue weighted by molar-refractivity contribution is 6.01. The zero-order chi connectivity index (χ0) is 29.8. The summed E-state index contributed by atoms with van der Waals surface area (Å²) in [6, 6.07) is 13.0. The molecule has 9 nitrogen and oxygen atoms in total. The van der Waals surface area contributed by atoms with Crippen molar-refractivity contribution in [2.45, 2.75) is 51.2 Å². The standard InChI is InChI=1S/C32H36FN5O4/c1-31(2)19-37(18-20-4-6-22(7-5-20)38-15-14-36(3)30(38)41)13-12-32(31,42)25-9-10-26-24(28(25)33)16-21(17-34-26)23-8-11-27(39)35-29(23)40/h4-7,9-10,16-17,23,42H,8,11-15,18-19H2,1-3H3,(H,35,39,40). The van der Waals surface area contributed by atoms with Crippen molar-refractivity contribution in [3.05, 3.63) is 71.2 Å². The molecule has 0 radical (unpaired) electrons. The number of rotatable bonds is 5. The number of benzene rings is 2. The van der Waals surface area contributed by atoms with Crippen LogP contribution in [0.15, 0.2) is 48.7 Å². The molecule has 2 unspecified atom stereocenters. The highest BCUT2D eigenvalue weighted by Gasteiger charge is 2.50. The molecule has 4 amide bonds. The Morgan fingerprint density at radius 2 is 1.83 bits per heavy atom. The van der Waals surface area contributed by atoms with E-state index in [0.29, 0.717) is 56.6 Å². The van der Waals surface area contributed by atoms with Crippen LogP contribution in [0.1, 0.15) is 55.7 Å². The Morgan fingerprint density at radius 3 is 2.50 bits per heavy atom. The Kier molecular flexibility index (Phi) is 7.01. The van der Waals surface area contributed by atoms with Gasteiger partial charge in [0.2, 0.25) is 11.8 Å². The van der Waals surface area contributed by atoms with E-state index in [9.17, 15) is 19.5 Å². The number of urea groups is 1. The number of fused-ring (bicyclic) bond motifs is 1. The van der Waals surface area contributed by atoms with Crippen molar-refractivity contribution in [2.75, 3.05) is 38.1 Å². The topological polar surface area (TPSA) is 106 Å². The first-order valence-corrected chi connectivity index (χ1v) is 14.5. The minimum Gasteiger partial charge on any atom is -0.384 e. The highest BCUT2D eigenvalue weighted by atomic mass is 19.1. The normalized spacial score (nSPS) is 24.9. The highest BCUT2D eigenvalue weighted by Crippen LogP contribution is 2.48. The second kappa shape index (κ2) is 10.4. The number of hydrogen-bond acceptors (Lipinski definition) is 6. The molecule has 1 aromatic heterocycles. The van der Waals surface area contributed by atoms with Crippen LogP contribution in [0.4, 0.5) is 14.9 Å². The average Bonchev–Trinajstić information content (AvgIpc) is 3.29. The lowest BCUT2D eigenvalue weighted by Gasteiger charge is -2.50. The zero-order valence-electron chi connectivity index (χ0n) is 24.2.